The quantitative estimate of drug-likeness (QED) is 0.666. The molecule has 2 heterocycles. The Balaban J connectivity index is 1.59. The smallest absolute Gasteiger partial charge is 0.357 e. The number of thiazole rings is 1. The van der Waals surface area contributed by atoms with E-state index in [1.807, 2.05) is 0 Å². The Hall–Kier alpha value is -2.44. The van der Waals surface area contributed by atoms with Crippen molar-refractivity contribution in [2.24, 2.45) is 5.92 Å². The standard InChI is InChI=1S/C18H19F2N3O5S2/c1-2-28-17(25)15-10-29-18(21-15)22-16(24)11-5-7-23(8-6-11)30(26,27)12-3-4-13(19)14(20)9-12/h3-4,9-11H,2,5-8H2,1H3,(H,21,22,24). The molecule has 1 amide bonds. The summed E-state index contributed by atoms with van der Waals surface area (Å²) in [5.41, 5.74) is 0.101. The molecule has 1 N–H and O–H groups in total. The summed E-state index contributed by atoms with van der Waals surface area (Å²) in [4.78, 5) is 27.8. The summed E-state index contributed by atoms with van der Waals surface area (Å²) in [6.45, 7) is 2.01. The Kier molecular flexibility index (Phi) is 6.78. The highest BCUT2D eigenvalue weighted by Crippen LogP contribution is 2.26. The number of nitrogens with one attached hydrogen (secondary N) is 1. The number of carbonyl (C=O) groups excluding carboxylic acids is 2. The zero-order valence-electron chi connectivity index (χ0n) is 15.9. The van der Waals surface area contributed by atoms with Gasteiger partial charge in [-0.3, -0.25) is 4.79 Å². The van der Waals surface area contributed by atoms with Crippen LogP contribution in [-0.2, 0) is 19.6 Å². The molecule has 162 valence electrons. The third-order valence-corrected chi connectivity index (χ3v) is 7.22. The number of amides is 1. The van der Waals surface area contributed by atoms with Crippen LogP contribution in [0.1, 0.15) is 30.3 Å². The lowest BCUT2D eigenvalue weighted by molar-refractivity contribution is -0.120. The van der Waals surface area contributed by atoms with Crippen LogP contribution in [0, 0.1) is 17.6 Å². The SMILES string of the molecule is CCOC(=O)c1csc(NC(=O)C2CCN(S(=O)(=O)c3ccc(F)c(F)c3)CC2)n1. The first-order chi connectivity index (χ1) is 14.2. The van der Waals surface area contributed by atoms with E-state index in [9.17, 15) is 26.8 Å². The maximum Gasteiger partial charge on any atom is 0.357 e. The predicted octanol–water partition coefficient (Wildman–Crippen LogP) is 2.64. The molecule has 12 heteroatoms. The highest BCUT2D eigenvalue weighted by molar-refractivity contribution is 7.89. The number of hydrogen-bond donors (Lipinski definition) is 1. The van der Waals surface area contributed by atoms with Crippen molar-refractivity contribution in [2.75, 3.05) is 25.0 Å². The van der Waals surface area contributed by atoms with Crippen molar-refractivity contribution >= 4 is 38.4 Å². The van der Waals surface area contributed by atoms with Crippen LogP contribution in [0.2, 0.25) is 0 Å². The number of nitrogens with zero attached hydrogens (tertiary/aromatic N) is 2. The predicted molar refractivity (Wildman–Crippen MR) is 105 cm³/mol. The van der Waals surface area contributed by atoms with E-state index in [1.165, 1.54) is 5.38 Å². The Morgan fingerprint density at radius 3 is 2.60 bits per heavy atom. The van der Waals surface area contributed by atoms with Crippen LogP contribution in [-0.4, -0.2) is 49.3 Å². The van der Waals surface area contributed by atoms with Gasteiger partial charge in [-0.25, -0.2) is 27.0 Å². The Bertz CT molecular complexity index is 1050. The van der Waals surface area contributed by atoms with Crippen molar-refractivity contribution in [3.63, 3.8) is 0 Å². The van der Waals surface area contributed by atoms with Gasteiger partial charge in [0.2, 0.25) is 15.9 Å². The van der Waals surface area contributed by atoms with Crippen LogP contribution in [0.4, 0.5) is 13.9 Å². The topological polar surface area (TPSA) is 106 Å². The van der Waals surface area contributed by atoms with E-state index in [-0.39, 0.29) is 54.2 Å². The van der Waals surface area contributed by atoms with Gasteiger partial charge in [0.1, 0.15) is 0 Å². The first-order valence-electron chi connectivity index (χ1n) is 9.11. The summed E-state index contributed by atoms with van der Waals surface area (Å²) in [5, 5.41) is 4.36. The molecule has 0 spiro atoms. The molecule has 2 aromatic rings. The highest BCUT2D eigenvalue weighted by atomic mass is 32.2. The molecule has 1 aromatic heterocycles. The summed E-state index contributed by atoms with van der Waals surface area (Å²) >= 11 is 1.08. The van der Waals surface area contributed by atoms with Crippen molar-refractivity contribution in [1.29, 1.82) is 0 Å². The molecule has 8 nitrogen and oxygen atoms in total. The minimum Gasteiger partial charge on any atom is -0.461 e. The van der Waals surface area contributed by atoms with Crippen LogP contribution < -0.4 is 5.32 Å². The zero-order valence-corrected chi connectivity index (χ0v) is 17.6. The Morgan fingerprint density at radius 2 is 1.97 bits per heavy atom. The van der Waals surface area contributed by atoms with Crippen molar-refractivity contribution in [3.8, 4) is 0 Å². The average molecular weight is 459 g/mol. The number of sulfonamides is 1. The summed E-state index contributed by atoms with van der Waals surface area (Å²) in [7, 11) is -3.99. The fourth-order valence-corrected chi connectivity index (χ4v) is 5.15. The van der Waals surface area contributed by atoms with Crippen LogP contribution in [0.3, 0.4) is 0 Å². The molecule has 1 aliphatic heterocycles. The van der Waals surface area contributed by atoms with Gasteiger partial charge < -0.3 is 10.1 Å². The van der Waals surface area contributed by atoms with Crippen molar-refractivity contribution < 1.29 is 31.5 Å². The number of piperidine rings is 1. The molecule has 0 unspecified atom stereocenters. The third kappa shape index (κ3) is 4.82. The molecular formula is C18H19F2N3O5S2. The number of esters is 1. The number of anilines is 1. The molecule has 0 atom stereocenters. The lowest BCUT2D eigenvalue weighted by atomic mass is 9.97. The van der Waals surface area contributed by atoms with Crippen LogP contribution in [0.25, 0.3) is 0 Å². The second-order valence-electron chi connectivity index (χ2n) is 6.50. The van der Waals surface area contributed by atoms with Gasteiger partial charge in [0.05, 0.1) is 11.5 Å². The average Bonchev–Trinajstić information content (AvgIpc) is 3.19. The van der Waals surface area contributed by atoms with Gasteiger partial charge >= 0.3 is 5.97 Å². The number of carbonyl (C=O) groups is 2. The van der Waals surface area contributed by atoms with Gasteiger partial charge in [-0.1, -0.05) is 0 Å². The fourth-order valence-electron chi connectivity index (χ4n) is 2.98. The maximum atomic E-state index is 13.4. The third-order valence-electron chi connectivity index (χ3n) is 4.57. The van der Waals surface area contributed by atoms with Gasteiger partial charge in [-0.05, 0) is 38.0 Å². The summed E-state index contributed by atoms with van der Waals surface area (Å²) < 4.78 is 57.7. The van der Waals surface area contributed by atoms with E-state index in [0.717, 1.165) is 27.8 Å². The van der Waals surface area contributed by atoms with Gasteiger partial charge in [-0.15, -0.1) is 11.3 Å². The molecule has 1 saturated heterocycles. The van der Waals surface area contributed by atoms with E-state index in [4.69, 9.17) is 4.74 Å². The largest absolute Gasteiger partial charge is 0.461 e. The fraction of sp³-hybridized carbons (Fsp3) is 0.389. The van der Waals surface area contributed by atoms with Gasteiger partial charge in [0.25, 0.3) is 0 Å². The number of hydrogen-bond acceptors (Lipinski definition) is 7. The second-order valence-corrected chi connectivity index (χ2v) is 9.30. The highest BCUT2D eigenvalue weighted by Gasteiger charge is 2.33. The molecule has 1 aromatic carbocycles. The van der Waals surface area contributed by atoms with E-state index >= 15 is 0 Å². The van der Waals surface area contributed by atoms with Gasteiger partial charge in [0, 0.05) is 24.4 Å². The van der Waals surface area contributed by atoms with Gasteiger partial charge in [0.15, 0.2) is 22.5 Å². The number of rotatable bonds is 6. The number of benzene rings is 1. The monoisotopic (exact) mass is 459 g/mol. The molecule has 0 radical (unpaired) electrons. The van der Waals surface area contributed by atoms with Crippen LogP contribution in [0.5, 0.6) is 0 Å². The zero-order chi connectivity index (χ0) is 21.9. The Morgan fingerprint density at radius 1 is 1.27 bits per heavy atom. The molecule has 0 aliphatic carbocycles. The number of ether oxygens (including phenoxy) is 1. The van der Waals surface area contributed by atoms with Crippen LogP contribution >= 0.6 is 11.3 Å². The number of halogens is 2. The van der Waals surface area contributed by atoms with Crippen molar-refractivity contribution in [1.82, 2.24) is 9.29 Å². The van der Waals surface area contributed by atoms with E-state index in [1.54, 1.807) is 6.92 Å². The molecule has 30 heavy (non-hydrogen) atoms. The number of aromatic nitrogens is 1. The molecule has 1 aliphatic rings. The molecular weight excluding hydrogens is 440 g/mol. The lowest BCUT2D eigenvalue weighted by Crippen LogP contribution is -2.41. The van der Waals surface area contributed by atoms with Crippen molar-refractivity contribution in [3.05, 3.63) is 40.9 Å². The van der Waals surface area contributed by atoms with Gasteiger partial charge in [-0.2, -0.15) is 4.31 Å². The summed E-state index contributed by atoms with van der Waals surface area (Å²) in [5.74, 6) is -3.72. The van der Waals surface area contributed by atoms with E-state index in [0.29, 0.717) is 6.07 Å². The minimum atomic E-state index is -3.99. The maximum absolute atomic E-state index is 13.4. The Labute approximate surface area is 175 Å². The van der Waals surface area contributed by atoms with E-state index in [2.05, 4.69) is 10.3 Å². The normalized spacial score (nSPS) is 15.7. The minimum absolute atomic E-state index is 0.0609. The first kappa shape index (κ1) is 22.2. The molecule has 0 saturated carbocycles. The second kappa shape index (κ2) is 9.14. The summed E-state index contributed by atoms with van der Waals surface area (Å²) in [6, 6.07) is 2.42. The van der Waals surface area contributed by atoms with Crippen molar-refractivity contribution in [2.45, 2.75) is 24.7 Å². The van der Waals surface area contributed by atoms with Crippen LogP contribution in [0.15, 0.2) is 28.5 Å². The summed E-state index contributed by atoms with van der Waals surface area (Å²) in [6.07, 6.45) is 0.510. The first-order valence-corrected chi connectivity index (χ1v) is 11.4. The molecule has 3 rings (SSSR count). The molecule has 0 bridgehead atoms. The van der Waals surface area contributed by atoms with E-state index < -0.39 is 33.5 Å². The lowest BCUT2D eigenvalue weighted by Gasteiger charge is -2.30. The molecule has 1 fully saturated rings.